The van der Waals surface area contributed by atoms with Crippen LogP contribution in [0.4, 0.5) is 13.2 Å². The molecule has 0 spiro atoms. The maximum absolute atomic E-state index is 12.8. The second-order valence-corrected chi connectivity index (χ2v) is 4.08. The topological polar surface area (TPSA) is 26.0 Å². The predicted molar refractivity (Wildman–Crippen MR) is 62.8 cm³/mol. The molecule has 0 unspecified atom stereocenters. The lowest BCUT2D eigenvalue weighted by Crippen LogP contribution is -2.18. The Morgan fingerprint density at radius 1 is 1.41 bits per heavy atom. The van der Waals surface area contributed by atoms with Crippen LogP contribution in [0.1, 0.15) is 30.0 Å². The first kappa shape index (κ1) is 14.1. The van der Waals surface area contributed by atoms with Crippen LogP contribution >= 0.6 is 11.6 Å². The smallest absolute Gasteiger partial charge is 0.324 e. The van der Waals surface area contributed by atoms with Gasteiger partial charge in [0.2, 0.25) is 0 Å². The molecule has 0 aromatic heterocycles. The van der Waals surface area contributed by atoms with Crippen molar-refractivity contribution in [2.75, 3.05) is 0 Å². The molecule has 0 bridgehead atoms. The first-order valence-electron chi connectivity index (χ1n) is 5.10. The van der Waals surface area contributed by atoms with Gasteiger partial charge in [0.15, 0.2) is 0 Å². The number of halogens is 4. The number of allylic oxidation sites excluding steroid dienone is 1. The highest BCUT2D eigenvalue weighted by molar-refractivity contribution is 6.31. The molecule has 94 valence electrons. The average molecular weight is 264 g/mol. The number of hydrogen-bond donors (Lipinski definition) is 1. The van der Waals surface area contributed by atoms with Gasteiger partial charge < -0.3 is 5.73 Å². The van der Waals surface area contributed by atoms with Gasteiger partial charge in [-0.3, -0.25) is 0 Å². The van der Waals surface area contributed by atoms with Crippen LogP contribution in [0, 0.1) is 0 Å². The molecule has 0 heterocycles. The SMILES string of the molecule is C=CCC[C@@H](N)c1c(Cl)cccc1C(F)(F)F. The summed E-state index contributed by atoms with van der Waals surface area (Å²) in [5, 5.41) is 0.0522. The van der Waals surface area contributed by atoms with Crippen LogP contribution in [0.2, 0.25) is 5.02 Å². The molecule has 0 aliphatic heterocycles. The Hall–Kier alpha value is -1.00. The first-order valence-corrected chi connectivity index (χ1v) is 5.47. The number of nitrogens with two attached hydrogens (primary N) is 1. The predicted octanol–water partition coefficient (Wildman–Crippen LogP) is 4.32. The number of hydrogen-bond acceptors (Lipinski definition) is 1. The van der Waals surface area contributed by atoms with Gasteiger partial charge in [-0.25, -0.2) is 0 Å². The minimum atomic E-state index is -4.44. The summed E-state index contributed by atoms with van der Waals surface area (Å²) >= 11 is 5.80. The maximum Gasteiger partial charge on any atom is 0.416 e. The van der Waals surface area contributed by atoms with Gasteiger partial charge in [0.1, 0.15) is 0 Å². The van der Waals surface area contributed by atoms with E-state index in [4.69, 9.17) is 17.3 Å². The fourth-order valence-electron chi connectivity index (χ4n) is 1.60. The quantitative estimate of drug-likeness (QED) is 0.804. The fraction of sp³-hybridized carbons (Fsp3) is 0.333. The van der Waals surface area contributed by atoms with E-state index in [1.54, 1.807) is 6.08 Å². The van der Waals surface area contributed by atoms with E-state index in [2.05, 4.69) is 6.58 Å². The summed E-state index contributed by atoms with van der Waals surface area (Å²) in [6, 6.07) is 2.95. The van der Waals surface area contributed by atoms with Crippen LogP contribution < -0.4 is 5.73 Å². The standard InChI is InChI=1S/C12H13ClF3N/c1-2-3-7-10(17)11-8(12(14,15)16)5-4-6-9(11)13/h2,4-6,10H,1,3,7,17H2/t10-/m1/s1. The average Bonchev–Trinajstić information content (AvgIpc) is 2.24. The van der Waals surface area contributed by atoms with Crippen molar-refractivity contribution in [3.8, 4) is 0 Å². The molecule has 5 heteroatoms. The molecule has 1 atom stereocenters. The molecule has 1 aromatic rings. The molecule has 1 rings (SSSR count). The van der Waals surface area contributed by atoms with Gasteiger partial charge in [-0.15, -0.1) is 6.58 Å². The molecule has 0 amide bonds. The zero-order chi connectivity index (χ0) is 13.1. The van der Waals surface area contributed by atoms with Gasteiger partial charge in [0, 0.05) is 11.1 Å². The third-order valence-corrected chi connectivity index (χ3v) is 2.74. The maximum atomic E-state index is 12.8. The monoisotopic (exact) mass is 263 g/mol. The molecule has 1 nitrogen and oxygen atoms in total. The Kier molecular flexibility index (Phi) is 4.60. The van der Waals surface area contributed by atoms with Crippen LogP contribution in [0.25, 0.3) is 0 Å². The molecule has 0 fully saturated rings. The molecule has 0 saturated heterocycles. The van der Waals surface area contributed by atoms with Gasteiger partial charge in [0.05, 0.1) is 5.56 Å². The Bertz CT molecular complexity index is 401. The van der Waals surface area contributed by atoms with Gasteiger partial charge in [-0.1, -0.05) is 23.7 Å². The van der Waals surface area contributed by atoms with E-state index in [1.165, 1.54) is 12.1 Å². The Morgan fingerprint density at radius 3 is 2.59 bits per heavy atom. The van der Waals surface area contributed by atoms with Crippen molar-refractivity contribution in [3.63, 3.8) is 0 Å². The summed E-state index contributed by atoms with van der Waals surface area (Å²) in [6.07, 6.45) is -1.89. The third-order valence-electron chi connectivity index (χ3n) is 2.41. The molecular weight excluding hydrogens is 251 g/mol. The lowest BCUT2D eigenvalue weighted by molar-refractivity contribution is -0.138. The van der Waals surface area contributed by atoms with Crippen molar-refractivity contribution in [2.45, 2.75) is 25.1 Å². The number of benzene rings is 1. The van der Waals surface area contributed by atoms with Crippen LogP contribution in [0.15, 0.2) is 30.9 Å². The van der Waals surface area contributed by atoms with Crippen molar-refractivity contribution < 1.29 is 13.2 Å². The van der Waals surface area contributed by atoms with Crippen LogP contribution in [0.5, 0.6) is 0 Å². The van der Waals surface area contributed by atoms with Gasteiger partial charge >= 0.3 is 6.18 Å². The van der Waals surface area contributed by atoms with Gasteiger partial charge in [-0.2, -0.15) is 13.2 Å². The Morgan fingerprint density at radius 2 is 2.06 bits per heavy atom. The summed E-state index contributed by atoms with van der Waals surface area (Å²) in [4.78, 5) is 0. The van der Waals surface area contributed by atoms with Crippen molar-refractivity contribution in [1.82, 2.24) is 0 Å². The molecule has 0 saturated carbocycles. The lowest BCUT2D eigenvalue weighted by atomic mass is 9.97. The zero-order valence-electron chi connectivity index (χ0n) is 9.10. The van der Waals surface area contributed by atoms with E-state index in [1.807, 2.05) is 0 Å². The lowest BCUT2D eigenvalue weighted by Gasteiger charge is -2.19. The highest BCUT2D eigenvalue weighted by atomic mass is 35.5. The third kappa shape index (κ3) is 3.48. The van der Waals surface area contributed by atoms with Gasteiger partial charge in [0.25, 0.3) is 0 Å². The van der Waals surface area contributed by atoms with E-state index in [0.717, 1.165) is 6.07 Å². The largest absolute Gasteiger partial charge is 0.416 e. The molecule has 0 aliphatic rings. The summed E-state index contributed by atoms with van der Waals surface area (Å²) in [5.74, 6) is 0. The highest BCUT2D eigenvalue weighted by Gasteiger charge is 2.35. The van der Waals surface area contributed by atoms with E-state index in [9.17, 15) is 13.2 Å². The zero-order valence-corrected chi connectivity index (χ0v) is 9.85. The second kappa shape index (κ2) is 5.56. The second-order valence-electron chi connectivity index (χ2n) is 3.67. The van der Waals surface area contributed by atoms with E-state index in [-0.39, 0.29) is 10.6 Å². The summed E-state index contributed by atoms with van der Waals surface area (Å²) in [7, 11) is 0. The minimum absolute atomic E-state index is 0.0384. The van der Waals surface area contributed by atoms with Crippen molar-refractivity contribution in [2.24, 2.45) is 5.73 Å². The molecule has 0 radical (unpaired) electrons. The minimum Gasteiger partial charge on any atom is -0.324 e. The summed E-state index contributed by atoms with van der Waals surface area (Å²) in [5.41, 5.74) is 4.95. The number of alkyl halides is 3. The van der Waals surface area contributed by atoms with Crippen LogP contribution in [-0.4, -0.2) is 0 Å². The molecule has 0 aliphatic carbocycles. The van der Waals surface area contributed by atoms with Crippen molar-refractivity contribution in [1.29, 1.82) is 0 Å². The van der Waals surface area contributed by atoms with Crippen molar-refractivity contribution in [3.05, 3.63) is 47.0 Å². The molecule has 17 heavy (non-hydrogen) atoms. The number of rotatable bonds is 4. The normalized spacial score (nSPS) is 13.5. The van der Waals surface area contributed by atoms with E-state index in [0.29, 0.717) is 12.8 Å². The Balaban J connectivity index is 3.16. The van der Waals surface area contributed by atoms with Gasteiger partial charge in [-0.05, 0) is 30.5 Å². The molecular formula is C12H13ClF3N. The fourth-order valence-corrected chi connectivity index (χ4v) is 1.92. The summed E-state index contributed by atoms with van der Waals surface area (Å²) < 4.78 is 38.3. The van der Waals surface area contributed by atoms with E-state index >= 15 is 0 Å². The molecule has 2 N–H and O–H groups in total. The Labute approximate surface area is 103 Å². The highest BCUT2D eigenvalue weighted by Crippen LogP contribution is 2.38. The molecule has 1 aromatic carbocycles. The van der Waals surface area contributed by atoms with Crippen LogP contribution in [0.3, 0.4) is 0 Å². The van der Waals surface area contributed by atoms with E-state index < -0.39 is 17.8 Å². The first-order chi connectivity index (χ1) is 7.88. The summed E-state index contributed by atoms with van der Waals surface area (Å²) in [6.45, 7) is 3.51. The van der Waals surface area contributed by atoms with Crippen molar-refractivity contribution >= 4 is 11.6 Å². The van der Waals surface area contributed by atoms with Crippen LogP contribution in [-0.2, 0) is 6.18 Å².